The first kappa shape index (κ1) is 14.0. The molecule has 1 aliphatic heterocycles. The Morgan fingerprint density at radius 1 is 1.56 bits per heavy atom. The summed E-state index contributed by atoms with van der Waals surface area (Å²) >= 11 is 3.48. The minimum Gasteiger partial charge on any atom is -0.378 e. The average molecular weight is 316 g/mol. The molecule has 0 bridgehead atoms. The monoisotopic (exact) mass is 315 g/mol. The molecule has 0 radical (unpaired) electrons. The van der Waals surface area contributed by atoms with E-state index in [1.807, 2.05) is 7.05 Å². The number of halogens is 2. The van der Waals surface area contributed by atoms with Gasteiger partial charge < -0.3 is 10.1 Å². The predicted molar refractivity (Wildman–Crippen MR) is 74.2 cm³/mol. The van der Waals surface area contributed by atoms with Gasteiger partial charge in [0.15, 0.2) is 0 Å². The topological polar surface area (TPSA) is 21.3 Å². The summed E-state index contributed by atoms with van der Waals surface area (Å²) in [5.74, 6) is -0.180. The maximum Gasteiger partial charge on any atom is 0.123 e. The first-order valence-electron chi connectivity index (χ1n) is 6.42. The standard InChI is InChI=1S/C14H19BrFNO/c1-17-12(9-13-3-2-6-18-13)8-10-7-11(16)4-5-14(10)15/h4-5,7,12-13,17H,2-3,6,8-9H2,1H3. The van der Waals surface area contributed by atoms with Crippen LogP contribution in [0.4, 0.5) is 4.39 Å². The van der Waals surface area contributed by atoms with Crippen molar-refractivity contribution in [2.45, 2.75) is 37.8 Å². The number of hydrogen-bond donors (Lipinski definition) is 1. The summed E-state index contributed by atoms with van der Waals surface area (Å²) in [7, 11) is 1.95. The van der Waals surface area contributed by atoms with Crippen LogP contribution in [0.15, 0.2) is 22.7 Å². The van der Waals surface area contributed by atoms with Gasteiger partial charge in [0.25, 0.3) is 0 Å². The lowest BCUT2D eigenvalue weighted by molar-refractivity contribution is 0.0954. The van der Waals surface area contributed by atoms with Gasteiger partial charge in [-0.25, -0.2) is 4.39 Å². The Kier molecular flexibility index (Phi) is 5.15. The quantitative estimate of drug-likeness (QED) is 0.900. The van der Waals surface area contributed by atoms with Crippen molar-refractivity contribution in [2.75, 3.05) is 13.7 Å². The average Bonchev–Trinajstić information content (AvgIpc) is 2.85. The molecule has 18 heavy (non-hydrogen) atoms. The zero-order chi connectivity index (χ0) is 13.0. The van der Waals surface area contributed by atoms with E-state index in [1.165, 1.54) is 6.07 Å². The van der Waals surface area contributed by atoms with Crippen LogP contribution in [0.2, 0.25) is 0 Å². The third-order valence-electron chi connectivity index (χ3n) is 3.45. The van der Waals surface area contributed by atoms with Gasteiger partial charge in [0, 0.05) is 17.1 Å². The number of rotatable bonds is 5. The van der Waals surface area contributed by atoms with Crippen LogP contribution >= 0.6 is 15.9 Å². The molecule has 4 heteroatoms. The van der Waals surface area contributed by atoms with Gasteiger partial charge >= 0.3 is 0 Å². The van der Waals surface area contributed by atoms with E-state index < -0.39 is 0 Å². The molecule has 1 saturated heterocycles. The predicted octanol–water partition coefficient (Wildman–Crippen LogP) is 3.29. The Morgan fingerprint density at radius 2 is 2.39 bits per heavy atom. The van der Waals surface area contributed by atoms with Crippen molar-refractivity contribution in [2.24, 2.45) is 0 Å². The molecule has 0 amide bonds. The van der Waals surface area contributed by atoms with Crippen LogP contribution in [0.1, 0.15) is 24.8 Å². The van der Waals surface area contributed by atoms with Crippen LogP contribution in [-0.2, 0) is 11.2 Å². The van der Waals surface area contributed by atoms with Crippen LogP contribution in [-0.4, -0.2) is 25.8 Å². The summed E-state index contributed by atoms with van der Waals surface area (Å²) in [6.07, 6.45) is 4.45. The van der Waals surface area contributed by atoms with E-state index in [4.69, 9.17) is 4.74 Å². The molecule has 0 saturated carbocycles. The molecule has 2 atom stereocenters. The van der Waals surface area contributed by atoms with Gasteiger partial charge in [0.2, 0.25) is 0 Å². The molecule has 1 aromatic carbocycles. The Balaban J connectivity index is 1.98. The highest BCUT2D eigenvalue weighted by molar-refractivity contribution is 9.10. The summed E-state index contributed by atoms with van der Waals surface area (Å²) in [4.78, 5) is 0. The van der Waals surface area contributed by atoms with Crippen molar-refractivity contribution >= 4 is 15.9 Å². The van der Waals surface area contributed by atoms with E-state index in [0.29, 0.717) is 12.1 Å². The van der Waals surface area contributed by atoms with Gasteiger partial charge in [0.05, 0.1) is 6.10 Å². The molecule has 1 aromatic rings. The van der Waals surface area contributed by atoms with Crippen molar-refractivity contribution in [1.29, 1.82) is 0 Å². The normalized spacial score (nSPS) is 21.2. The molecular formula is C14H19BrFNO. The van der Waals surface area contributed by atoms with E-state index in [-0.39, 0.29) is 5.82 Å². The minimum atomic E-state index is -0.180. The number of ether oxygens (including phenoxy) is 1. The number of nitrogens with one attached hydrogen (secondary N) is 1. The summed E-state index contributed by atoms with van der Waals surface area (Å²) in [5, 5.41) is 3.30. The molecule has 0 spiro atoms. The molecule has 1 heterocycles. The Labute approximate surface area is 116 Å². The van der Waals surface area contributed by atoms with Gasteiger partial charge in [-0.3, -0.25) is 0 Å². The van der Waals surface area contributed by atoms with Crippen molar-refractivity contribution in [1.82, 2.24) is 5.32 Å². The molecule has 1 fully saturated rings. The van der Waals surface area contributed by atoms with Gasteiger partial charge in [-0.05, 0) is 56.5 Å². The van der Waals surface area contributed by atoms with Crippen molar-refractivity contribution in [3.8, 4) is 0 Å². The fraction of sp³-hybridized carbons (Fsp3) is 0.571. The van der Waals surface area contributed by atoms with Crippen molar-refractivity contribution < 1.29 is 9.13 Å². The van der Waals surface area contributed by atoms with E-state index >= 15 is 0 Å². The minimum absolute atomic E-state index is 0.180. The van der Waals surface area contributed by atoms with Crippen LogP contribution < -0.4 is 5.32 Å². The molecule has 1 N–H and O–H groups in total. The summed E-state index contributed by atoms with van der Waals surface area (Å²) in [6, 6.07) is 5.17. The number of likely N-dealkylation sites (N-methyl/N-ethyl adjacent to an activating group) is 1. The third-order valence-corrected chi connectivity index (χ3v) is 4.23. The maximum atomic E-state index is 13.2. The van der Waals surface area contributed by atoms with E-state index in [2.05, 4.69) is 21.2 Å². The first-order chi connectivity index (χ1) is 8.69. The molecule has 2 nitrogen and oxygen atoms in total. The fourth-order valence-corrected chi connectivity index (χ4v) is 2.82. The smallest absolute Gasteiger partial charge is 0.123 e. The molecule has 100 valence electrons. The molecule has 2 unspecified atom stereocenters. The lowest BCUT2D eigenvalue weighted by Crippen LogP contribution is -2.31. The Hall–Kier alpha value is -0.450. The number of hydrogen-bond acceptors (Lipinski definition) is 2. The van der Waals surface area contributed by atoms with E-state index in [1.54, 1.807) is 12.1 Å². The van der Waals surface area contributed by atoms with Gasteiger partial charge in [0.1, 0.15) is 5.82 Å². The lowest BCUT2D eigenvalue weighted by atomic mass is 9.99. The fourth-order valence-electron chi connectivity index (χ4n) is 2.42. The van der Waals surface area contributed by atoms with Gasteiger partial charge in [-0.15, -0.1) is 0 Å². The summed E-state index contributed by atoms with van der Waals surface area (Å²) < 4.78 is 19.9. The summed E-state index contributed by atoms with van der Waals surface area (Å²) in [6.45, 7) is 0.880. The van der Waals surface area contributed by atoms with Gasteiger partial charge in [-0.2, -0.15) is 0 Å². The molecular weight excluding hydrogens is 297 g/mol. The van der Waals surface area contributed by atoms with Gasteiger partial charge in [-0.1, -0.05) is 15.9 Å². The maximum absolute atomic E-state index is 13.2. The second-order valence-corrected chi connectivity index (χ2v) is 5.65. The lowest BCUT2D eigenvalue weighted by Gasteiger charge is -2.20. The largest absolute Gasteiger partial charge is 0.378 e. The first-order valence-corrected chi connectivity index (χ1v) is 7.21. The highest BCUT2D eigenvalue weighted by Crippen LogP contribution is 2.23. The Bertz CT molecular complexity index is 393. The third kappa shape index (κ3) is 3.77. The van der Waals surface area contributed by atoms with E-state index in [0.717, 1.165) is 42.3 Å². The molecule has 0 aliphatic carbocycles. The molecule has 1 aliphatic rings. The zero-order valence-corrected chi connectivity index (χ0v) is 12.2. The second-order valence-electron chi connectivity index (χ2n) is 4.80. The SMILES string of the molecule is CNC(Cc1cc(F)ccc1Br)CC1CCCO1. The van der Waals surface area contributed by atoms with Crippen molar-refractivity contribution in [3.63, 3.8) is 0 Å². The molecule has 0 aromatic heterocycles. The highest BCUT2D eigenvalue weighted by atomic mass is 79.9. The Morgan fingerprint density at radius 3 is 3.06 bits per heavy atom. The number of benzene rings is 1. The van der Waals surface area contributed by atoms with Crippen LogP contribution in [0.3, 0.4) is 0 Å². The molecule has 2 rings (SSSR count). The summed E-state index contributed by atoms with van der Waals surface area (Å²) in [5.41, 5.74) is 1.01. The zero-order valence-electron chi connectivity index (χ0n) is 10.6. The van der Waals surface area contributed by atoms with Crippen LogP contribution in [0, 0.1) is 5.82 Å². The van der Waals surface area contributed by atoms with Crippen LogP contribution in [0.25, 0.3) is 0 Å². The van der Waals surface area contributed by atoms with Crippen LogP contribution in [0.5, 0.6) is 0 Å². The van der Waals surface area contributed by atoms with E-state index in [9.17, 15) is 4.39 Å². The highest BCUT2D eigenvalue weighted by Gasteiger charge is 2.20. The second kappa shape index (κ2) is 6.64. The van der Waals surface area contributed by atoms with Crippen molar-refractivity contribution in [3.05, 3.63) is 34.1 Å².